The molecule has 1 amide bonds. The van der Waals surface area contributed by atoms with Crippen molar-refractivity contribution in [1.82, 2.24) is 5.32 Å². The highest BCUT2D eigenvalue weighted by molar-refractivity contribution is 7.92. The first-order valence-corrected chi connectivity index (χ1v) is 10.2. The Morgan fingerprint density at radius 2 is 1.96 bits per heavy atom. The summed E-state index contributed by atoms with van der Waals surface area (Å²) in [6, 6.07) is 10.3. The van der Waals surface area contributed by atoms with Gasteiger partial charge in [-0.3, -0.25) is 9.10 Å². The Hall–Kier alpha value is -2.06. The van der Waals surface area contributed by atoms with Crippen molar-refractivity contribution in [2.45, 2.75) is 6.92 Å². The van der Waals surface area contributed by atoms with Crippen molar-refractivity contribution in [1.29, 1.82) is 0 Å². The molecule has 0 bridgehead atoms. The molecule has 1 aromatic carbocycles. The van der Waals surface area contributed by atoms with Gasteiger partial charge in [0.2, 0.25) is 10.0 Å². The maximum atomic E-state index is 12.0. The Morgan fingerprint density at radius 1 is 1.25 bits per heavy atom. The first kappa shape index (κ1) is 18.3. The summed E-state index contributed by atoms with van der Waals surface area (Å²) < 4.78 is 30.7. The van der Waals surface area contributed by atoms with Crippen molar-refractivity contribution in [3.8, 4) is 5.75 Å². The molecule has 0 aliphatic carbocycles. The molecule has 0 fully saturated rings. The van der Waals surface area contributed by atoms with Crippen LogP contribution in [0.4, 0.5) is 5.69 Å². The van der Waals surface area contributed by atoms with Gasteiger partial charge >= 0.3 is 0 Å². The van der Waals surface area contributed by atoms with E-state index < -0.39 is 10.0 Å². The fraction of sp³-hybridized carbons (Fsp3) is 0.312. The summed E-state index contributed by atoms with van der Waals surface area (Å²) in [4.78, 5) is 12.5. The predicted molar refractivity (Wildman–Crippen MR) is 96.5 cm³/mol. The van der Waals surface area contributed by atoms with E-state index in [2.05, 4.69) is 5.32 Å². The second kappa shape index (κ2) is 8.16. The number of thiophene rings is 1. The van der Waals surface area contributed by atoms with Crippen LogP contribution in [0.1, 0.15) is 16.6 Å². The lowest BCUT2D eigenvalue weighted by molar-refractivity contribution is 0.0959. The van der Waals surface area contributed by atoms with Crippen molar-refractivity contribution in [3.05, 3.63) is 46.7 Å². The summed E-state index contributed by atoms with van der Waals surface area (Å²) in [5.41, 5.74) is 0.534. The van der Waals surface area contributed by atoms with Gasteiger partial charge in [0, 0.05) is 6.54 Å². The van der Waals surface area contributed by atoms with E-state index in [0.717, 1.165) is 6.26 Å². The molecular weight excluding hydrogens is 348 g/mol. The second-order valence-electron chi connectivity index (χ2n) is 5.00. The fourth-order valence-corrected chi connectivity index (χ4v) is 3.70. The van der Waals surface area contributed by atoms with Gasteiger partial charge in [0.1, 0.15) is 5.75 Å². The van der Waals surface area contributed by atoms with Crippen molar-refractivity contribution < 1.29 is 17.9 Å². The monoisotopic (exact) mass is 368 g/mol. The van der Waals surface area contributed by atoms with E-state index in [1.807, 2.05) is 12.3 Å². The number of amides is 1. The number of hydrogen-bond donors (Lipinski definition) is 1. The van der Waals surface area contributed by atoms with Gasteiger partial charge in [0.25, 0.3) is 5.91 Å². The molecule has 0 atom stereocenters. The van der Waals surface area contributed by atoms with Crippen LogP contribution in [0.5, 0.6) is 5.75 Å². The first-order valence-electron chi connectivity index (χ1n) is 7.44. The summed E-state index contributed by atoms with van der Waals surface area (Å²) in [5.74, 6) is 0.478. The summed E-state index contributed by atoms with van der Waals surface area (Å²) in [6.07, 6.45) is 1.14. The number of sulfonamides is 1. The summed E-state index contributed by atoms with van der Waals surface area (Å²) in [6.45, 7) is 2.80. The van der Waals surface area contributed by atoms with E-state index in [-0.39, 0.29) is 19.0 Å². The lowest BCUT2D eigenvalue weighted by atomic mass is 10.3. The van der Waals surface area contributed by atoms with Crippen LogP contribution >= 0.6 is 11.3 Å². The Balaban J connectivity index is 2.02. The van der Waals surface area contributed by atoms with Crippen LogP contribution in [0.2, 0.25) is 0 Å². The van der Waals surface area contributed by atoms with Gasteiger partial charge in [-0.05, 0) is 42.6 Å². The standard InChI is InChI=1S/C16H20N2O4S2/c1-3-22-14-8-6-13(7-9-14)18(24(2,20)21)11-10-17-16(19)15-5-4-12-23-15/h4-9,12H,3,10-11H2,1-2H3,(H,17,19). The molecular formula is C16H20N2O4S2. The summed E-state index contributed by atoms with van der Waals surface area (Å²) >= 11 is 1.34. The number of nitrogens with zero attached hydrogens (tertiary/aromatic N) is 1. The average Bonchev–Trinajstić information content (AvgIpc) is 3.06. The van der Waals surface area contributed by atoms with Gasteiger partial charge in [-0.25, -0.2) is 8.42 Å². The van der Waals surface area contributed by atoms with Gasteiger partial charge in [0.15, 0.2) is 0 Å². The summed E-state index contributed by atoms with van der Waals surface area (Å²) in [5, 5.41) is 4.55. The van der Waals surface area contributed by atoms with E-state index in [0.29, 0.717) is 22.9 Å². The van der Waals surface area contributed by atoms with E-state index in [4.69, 9.17) is 4.74 Å². The topological polar surface area (TPSA) is 75.7 Å². The van der Waals surface area contributed by atoms with Crippen LogP contribution in [0.3, 0.4) is 0 Å². The molecule has 1 N–H and O–H groups in total. The largest absolute Gasteiger partial charge is 0.494 e. The second-order valence-corrected chi connectivity index (χ2v) is 7.85. The molecule has 0 saturated heterocycles. The lowest BCUT2D eigenvalue weighted by Crippen LogP contribution is -2.38. The maximum Gasteiger partial charge on any atom is 0.261 e. The average molecular weight is 368 g/mol. The molecule has 130 valence electrons. The minimum Gasteiger partial charge on any atom is -0.494 e. The molecule has 0 aliphatic heterocycles. The highest BCUT2D eigenvalue weighted by Crippen LogP contribution is 2.21. The first-order chi connectivity index (χ1) is 11.4. The van der Waals surface area contributed by atoms with Gasteiger partial charge in [-0.15, -0.1) is 11.3 Å². The Morgan fingerprint density at radius 3 is 2.50 bits per heavy atom. The van der Waals surface area contributed by atoms with Crippen LogP contribution in [-0.4, -0.2) is 40.3 Å². The molecule has 0 saturated carbocycles. The molecule has 2 aromatic rings. The lowest BCUT2D eigenvalue weighted by Gasteiger charge is -2.22. The normalized spacial score (nSPS) is 11.1. The zero-order chi connectivity index (χ0) is 17.6. The number of rotatable bonds is 8. The van der Waals surface area contributed by atoms with Crippen LogP contribution in [0, 0.1) is 0 Å². The molecule has 6 nitrogen and oxygen atoms in total. The number of ether oxygens (including phenoxy) is 1. The molecule has 0 aliphatic rings. The Labute approximate surface area is 146 Å². The van der Waals surface area contributed by atoms with Crippen LogP contribution in [0.15, 0.2) is 41.8 Å². The zero-order valence-electron chi connectivity index (χ0n) is 13.6. The molecule has 0 unspecified atom stereocenters. The minimum absolute atomic E-state index is 0.157. The molecule has 0 spiro atoms. The number of hydrogen-bond acceptors (Lipinski definition) is 5. The van der Waals surface area contributed by atoms with Crippen molar-refractivity contribution in [2.75, 3.05) is 30.3 Å². The van der Waals surface area contributed by atoms with Crippen LogP contribution in [-0.2, 0) is 10.0 Å². The summed E-state index contributed by atoms with van der Waals surface area (Å²) in [7, 11) is -3.45. The Kier molecular flexibility index (Phi) is 6.22. The fourth-order valence-electron chi connectivity index (χ4n) is 2.13. The third kappa shape index (κ3) is 4.97. The number of carbonyl (C=O) groups is 1. The van der Waals surface area contributed by atoms with E-state index in [1.165, 1.54) is 15.6 Å². The third-order valence-corrected chi connectivity index (χ3v) is 5.24. The predicted octanol–water partition coefficient (Wildman–Crippen LogP) is 2.34. The number of nitrogens with one attached hydrogen (secondary N) is 1. The molecule has 8 heteroatoms. The highest BCUT2D eigenvalue weighted by Gasteiger charge is 2.17. The van der Waals surface area contributed by atoms with E-state index in [9.17, 15) is 13.2 Å². The molecule has 1 aromatic heterocycles. The maximum absolute atomic E-state index is 12.0. The van der Waals surface area contributed by atoms with Crippen molar-refractivity contribution >= 4 is 33.0 Å². The van der Waals surface area contributed by atoms with E-state index >= 15 is 0 Å². The SMILES string of the molecule is CCOc1ccc(N(CCNC(=O)c2cccs2)S(C)(=O)=O)cc1. The smallest absolute Gasteiger partial charge is 0.261 e. The Bertz CT molecular complexity index is 756. The van der Waals surface area contributed by atoms with Crippen LogP contribution < -0.4 is 14.4 Å². The molecule has 1 heterocycles. The van der Waals surface area contributed by atoms with Gasteiger partial charge in [-0.1, -0.05) is 6.07 Å². The van der Waals surface area contributed by atoms with Gasteiger partial charge < -0.3 is 10.1 Å². The minimum atomic E-state index is -3.45. The highest BCUT2D eigenvalue weighted by atomic mass is 32.2. The number of carbonyl (C=O) groups excluding carboxylic acids is 1. The van der Waals surface area contributed by atoms with Crippen molar-refractivity contribution in [3.63, 3.8) is 0 Å². The van der Waals surface area contributed by atoms with Crippen LogP contribution in [0.25, 0.3) is 0 Å². The number of benzene rings is 1. The van der Waals surface area contributed by atoms with Gasteiger partial charge in [-0.2, -0.15) is 0 Å². The van der Waals surface area contributed by atoms with E-state index in [1.54, 1.807) is 36.4 Å². The zero-order valence-corrected chi connectivity index (χ0v) is 15.2. The molecule has 0 radical (unpaired) electrons. The van der Waals surface area contributed by atoms with Crippen molar-refractivity contribution in [2.24, 2.45) is 0 Å². The molecule has 24 heavy (non-hydrogen) atoms. The molecule has 2 rings (SSSR count). The van der Waals surface area contributed by atoms with Gasteiger partial charge in [0.05, 0.1) is 30.0 Å². The number of anilines is 1. The quantitative estimate of drug-likeness (QED) is 0.776. The third-order valence-electron chi connectivity index (χ3n) is 3.18.